The second-order valence-electron chi connectivity index (χ2n) is 4.65. The van der Waals surface area contributed by atoms with E-state index in [1.165, 1.54) is 0 Å². The van der Waals surface area contributed by atoms with Gasteiger partial charge in [-0.05, 0) is 43.3 Å². The summed E-state index contributed by atoms with van der Waals surface area (Å²) in [6, 6.07) is 13.5. The van der Waals surface area contributed by atoms with Gasteiger partial charge in [0.1, 0.15) is 11.5 Å². The Bertz CT molecular complexity index is 683. The molecule has 2 aromatic carbocycles. The van der Waals surface area contributed by atoms with Crippen molar-refractivity contribution in [3.8, 4) is 11.5 Å². The van der Waals surface area contributed by atoms with E-state index in [1.807, 2.05) is 6.92 Å². The van der Waals surface area contributed by atoms with E-state index in [2.05, 4.69) is 5.32 Å². The molecule has 2 rings (SSSR count). The van der Waals surface area contributed by atoms with Crippen LogP contribution in [0.3, 0.4) is 0 Å². The molecule has 0 aliphatic carbocycles. The highest BCUT2D eigenvalue weighted by atomic mass is 16.5. The van der Waals surface area contributed by atoms with Crippen molar-refractivity contribution in [3.05, 3.63) is 54.1 Å². The van der Waals surface area contributed by atoms with E-state index in [4.69, 9.17) is 15.2 Å². The first kappa shape index (κ1) is 16.4. The minimum absolute atomic E-state index is 0.179. The second-order valence-corrected chi connectivity index (χ2v) is 4.65. The Morgan fingerprint density at radius 2 is 1.61 bits per heavy atom. The molecule has 0 heterocycles. The highest BCUT2D eigenvalue weighted by molar-refractivity contribution is 6.03. The lowest BCUT2D eigenvalue weighted by molar-refractivity contribution is -0.118. The largest absolute Gasteiger partial charge is 0.494 e. The van der Waals surface area contributed by atoms with Gasteiger partial charge in [0.25, 0.3) is 11.8 Å². The van der Waals surface area contributed by atoms with Crippen LogP contribution >= 0.6 is 0 Å². The third-order valence-corrected chi connectivity index (χ3v) is 2.97. The van der Waals surface area contributed by atoms with Gasteiger partial charge in [-0.25, -0.2) is 0 Å². The molecule has 0 saturated carbocycles. The van der Waals surface area contributed by atoms with E-state index in [9.17, 15) is 9.59 Å². The molecule has 6 heteroatoms. The van der Waals surface area contributed by atoms with Crippen molar-refractivity contribution < 1.29 is 19.1 Å². The predicted molar refractivity (Wildman–Crippen MR) is 86.7 cm³/mol. The summed E-state index contributed by atoms with van der Waals surface area (Å²) in [5, 5.41) is 2.60. The number of amides is 2. The molecule has 2 aromatic rings. The molecule has 0 fully saturated rings. The molecule has 0 atom stereocenters. The lowest BCUT2D eigenvalue weighted by Gasteiger charge is -2.10. The number of carbonyl (C=O) groups is 2. The molecular formula is C17H18N2O4. The van der Waals surface area contributed by atoms with Crippen LogP contribution in [0.1, 0.15) is 17.3 Å². The Morgan fingerprint density at radius 1 is 1.00 bits per heavy atom. The van der Waals surface area contributed by atoms with E-state index in [-0.39, 0.29) is 18.1 Å². The van der Waals surface area contributed by atoms with Crippen LogP contribution in [0.25, 0.3) is 0 Å². The standard InChI is InChI=1S/C17H18N2O4/c1-2-22-12-7-9-13(10-8-12)23-11-16(20)19-15-6-4-3-5-14(15)17(18)21/h3-10H,2,11H2,1H3,(H2,18,21)(H,19,20). The van der Waals surface area contributed by atoms with Crippen molar-refractivity contribution >= 4 is 17.5 Å². The normalized spacial score (nSPS) is 9.96. The lowest BCUT2D eigenvalue weighted by atomic mass is 10.1. The van der Waals surface area contributed by atoms with Crippen molar-refractivity contribution in [2.75, 3.05) is 18.5 Å². The summed E-state index contributed by atoms with van der Waals surface area (Å²) in [5.74, 6) is 0.299. The van der Waals surface area contributed by atoms with Crippen LogP contribution in [0, 0.1) is 0 Å². The number of anilines is 1. The topological polar surface area (TPSA) is 90.7 Å². The SMILES string of the molecule is CCOc1ccc(OCC(=O)Nc2ccccc2C(N)=O)cc1. The summed E-state index contributed by atoms with van der Waals surface area (Å²) in [5.41, 5.74) is 5.87. The Hall–Kier alpha value is -3.02. The monoisotopic (exact) mass is 314 g/mol. The van der Waals surface area contributed by atoms with Crippen LogP contribution in [-0.2, 0) is 4.79 Å². The molecule has 0 spiro atoms. The quantitative estimate of drug-likeness (QED) is 0.819. The summed E-state index contributed by atoms with van der Waals surface area (Å²) < 4.78 is 10.7. The van der Waals surface area contributed by atoms with Crippen molar-refractivity contribution in [2.24, 2.45) is 5.73 Å². The molecule has 0 bridgehead atoms. The van der Waals surface area contributed by atoms with Crippen LogP contribution < -0.4 is 20.5 Å². The van der Waals surface area contributed by atoms with E-state index in [0.717, 1.165) is 5.75 Å². The average Bonchev–Trinajstić information content (AvgIpc) is 2.55. The first-order valence-corrected chi connectivity index (χ1v) is 7.14. The lowest BCUT2D eigenvalue weighted by Crippen LogP contribution is -2.22. The highest BCUT2D eigenvalue weighted by Gasteiger charge is 2.10. The number of hydrogen-bond donors (Lipinski definition) is 2. The summed E-state index contributed by atoms with van der Waals surface area (Å²) in [6.07, 6.45) is 0. The maximum absolute atomic E-state index is 11.9. The van der Waals surface area contributed by atoms with Gasteiger partial charge in [0.05, 0.1) is 17.9 Å². The van der Waals surface area contributed by atoms with Gasteiger partial charge in [0.2, 0.25) is 0 Å². The van der Waals surface area contributed by atoms with Gasteiger partial charge < -0.3 is 20.5 Å². The molecule has 3 N–H and O–H groups in total. The van der Waals surface area contributed by atoms with Gasteiger partial charge in [0, 0.05) is 0 Å². The molecule has 120 valence electrons. The zero-order valence-corrected chi connectivity index (χ0v) is 12.7. The number of benzene rings is 2. The number of hydrogen-bond acceptors (Lipinski definition) is 4. The molecule has 2 amide bonds. The number of ether oxygens (including phenoxy) is 2. The number of primary amides is 1. The van der Waals surface area contributed by atoms with Gasteiger partial charge in [-0.1, -0.05) is 12.1 Å². The minimum Gasteiger partial charge on any atom is -0.494 e. The third kappa shape index (κ3) is 4.74. The summed E-state index contributed by atoms with van der Waals surface area (Å²) in [6.45, 7) is 2.31. The summed E-state index contributed by atoms with van der Waals surface area (Å²) in [4.78, 5) is 23.2. The molecule has 0 aliphatic rings. The molecule has 6 nitrogen and oxygen atoms in total. The average molecular weight is 314 g/mol. The van der Waals surface area contributed by atoms with Gasteiger partial charge in [-0.15, -0.1) is 0 Å². The fraction of sp³-hybridized carbons (Fsp3) is 0.176. The fourth-order valence-corrected chi connectivity index (χ4v) is 1.94. The number of carbonyl (C=O) groups excluding carboxylic acids is 2. The first-order chi connectivity index (χ1) is 11.1. The van der Waals surface area contributed by atoms with Crippen LogP contribution in [0.5, 0.6) is 11.5 Å². The van der Waals surface area contributed by atoms with E-state index in [1.54, 1.807) is 48.5 Å². The number of nitrogens with one attached hydrogen (secondary N) is 1. The number of rotatable bonds is 7. The molecule has 0 radical (unpaired) electrons. The number of para-hydroxylation sites is 1. The third-order valence-electron chi connectivity index (χ3n) is 2.97. The zero-order chi connectivity index (χ0) is 16.7. The maximum atomic E-state index is 11.9. The summed E-state index contributed by atoms with van der Waals surface area (Å²) in [7, 11) is 0. The summed E-state index contributed by atoms with van der Waals surface area (Å²) >= 11 is 0. The van der Waals surface area contributed by atoms with E-state index < -0.39 is 5.91 Å². The second kappa shape index (κ2) is 7.84. The van der Waals surface area contributed by atoms with E-state index >= 15 is 0 Å². The smallest absolute Gasteiger partial charge is 0.262 e. The van der Waals surface area contributed by atoms with Crippen molar-refractivity contribution in [1.29, 1.82) is 0 Å². The van der Waals surface area contributed by atoms with Crippen LogP contribution in [0.2, 0.25) is 0 Å². The van der Waals surface area contributed by atoms with Crippen LogP contribution in [-0.4, -0.2) is 25.0 Å². The Kier molecular flexibility index (Phi) is 5.57. The predicted octanol–water partition coefficient (Wildman–Crippen LogP) is 2.20. The van der Waals surface area contributed by atoms with Crippen LogP contribution in [0.15, 0.2) is 48.5 Å². The minimum atomic E-state index is -0.603. The van der Waals surface area contributed by atoms with Crippen molar-refractivity contribution in [3.63, 3.8) is 0 Å². The van der Waals surface area contributed by atoms with E-state index in [0.29, 0.717) is 18.0 Å². The molecule has 0 saturated heterocycles. The van der Waals surface area contributed by atoms with Crippen molar-refractivity contribution in [1.82, 2.24) is 0 Å². The molecule has 23 heavy (non-hydrogen) atoms. The van der Waals surface area contributed by atoms with Crippen molar-refractivity contribution in [2.45, 2.75) is 6.92 Å². The fourth-order valence-electron chi connectivity index (χ4n) is 1.94. The van der Waals surface area contributed by atoms with Gasteiger partial charge in [0.15, 0.2) is 6.61 Å². The molecule has 0 aliphatic heterocycles. The molecular weight excluding hydrogens is 296 g/mol. The Morgan fingerprint density at radius 3 is 2.22 bits per heavy atom. The van der Waals surface area contributed by atoms with Gasteiger partial charge in [-0.3, -0.25) is 9.59 Å². The Balaban J connectivity index is 1.91. The first-order valence-electron chi connectivity index (χ1n) is 7.14. The highest BCUT2D eigenvalue weighted by Crippen LogP contribution is 2.18. The molecule has 0 unspecified atom stereocenters. The number of nitrogens with two attached hydrogens (primary N) is 1. The zero-order valence-electron chi connectivity index (χ0n) is 12.7. The molecule has 0 aromatic heterocycles. The van der Waals surface area contributed by atoms with Gasteiger partial charge >= 0.3 is 0 Å². The van der Waals surface area contributed by atoms with Gasteiger partial charge in [-0.2, -0.15) is 0 Å². The Labute approximate surface area is 134 Å². The van der Waals surface area contributed by atoms with Crippen LogP contribution in [0.4, 0.5) is 5.69 Å². The maximum Gasteiger partial charge on any atom is 0.262 e.